The molecule has 0 aliphatic rings. The van der Waals surface area contributed by atoms with Crippen LogP contribution in [0, 0.1) is 5.82 Å². The zero-order valence-corrected chi connectivity index (χ0v) is 26.1. The Balaban J connectivity index is 1.16. The highest BCUT2D eigenvalue weighted by Crippen LogP contribution is 2.30. The van der Waals surface area contributed by atoms with E-state index in [0.29, 0.717) is 40.5 Å². The van der Waals surface area contributed by atoms with E-state index < -0.39 is 0 Å². The molecule has 0 N–H and O–H groups in total. The molecule has 8 aromatic rings. The molecule has 0 spiro atoms. The molecule has 0 bridgehead atoms. The monoisotopic (exact) mass is 634 g/mol. The fraction of sp³-hybridized carbons (Fsp3) is 0. The van der Waals surface area contributed by atoms with Crippen LogP contribution in [0.1, 0.15) is 0 Å². The predicted molar refractivity (Wildman–Crippen MR) is 191 cm³/mol. The van der Waals surface area contributed by atoms with Gasteiger partial charge in [0.05, 0.1) is 0 Å². The first-order chi connectivity index (χ1) is 24.2. The third-order valence-electron chi connectivity index (χ3n) is 8.07. The van der Waals surface area contributed by atoms with Gasteiger partial charge in [-0.3, -0.25) is 0 Å². The summed E-state index contributed by atoms with van der Waals surface area (Å²) < 4.78 is 13.7. The van der Waals surface area contributed by atoms with Gasteiger partial charge >= 0.3 is 0 Å². The van der Waals surface area contributed by atoms with Crippen molar-refractivity contribution in [3.05, 3.63) is 170 Å². The van der Waals surface area contributed by atoms with Crippen LogP contribution >= 0.6 is 0 Å². The van der Waals surface area contributed by atoms with E-state index in [2.05, 4.69) is 24.3 Å². The highest BCUT2D eigenvalue weighted by molar-refractivity contribution is 5.74. The van der Waals surface area contributed by atoms with E-state index in [-0.39, 0.29) is 5.82 Å². The van der Waals surface area contributed by atoms with Gasteiger partial charge in [-0.25, -0.2) is 34.3 Å². The number of nitrogens with zero attached hydrogens (tertiary/aromatic N) is 6. The first-order valence-electron chi connectivity index (χ1n) is 15.8. The van der Waals surface area contributed by atoms with Crippen molar-refractivity contribution >= 4 is 0 Å². The summed E-state index contributed by atoms with van der Waals surface area (Å²) in [4.78, 5) is 28.9. The minimum atomic E-state index is -0.316. The molecule has 0 saturated carbocycles. The molecular formula is C42H27FN6. The Bertz CT molecular complexity index is 2310. The zero-order chi connectivity index (χ0) is 33.0. The average molecular weight is 635 g/mol. The normalized spacial score (nSPS) is 11.0. The van der Waals surface area contributed by atoms with E-state index in [9.17, 15) is 4.39 Å². The molecule has 7 heteroatoms. The minimum absolute atomic E-state index is 0.316. The fourth-order valence-corrected chi connectivity index (χ4v) is 5.54. The maximum absolute atomic E-state index is 13.7. The molecule has 0 saturated heterocycles. The Morgan fingerprint density at radius 3 is 0.939 bits per heavy atom. The van der Waals surface area contributed by atoms with Crippen LogP contribution in [-0.2, 0) is 0 Å². The molecule has 0 aliphatic heterocycles. The Hall–Kier alpha value is -6.73. The van der Waals surface area contributed by atoms with Crippen molar-refractivity contribution in [3.8, 4) is 79.5 Å². The zero-order valence-electron chi connectivity index (χ0n) is 26.1. The van der Waals surface area contributed by atoms with Crippen molar-refractivity contribution in [2.45, 2.75) is 0 Å². The Labute approximate surface area is 282 Å². The topological polar surface area (TPSA) is 77.3 Å². The number of benzene rings is 6. The second-order valence-electron chi connectivity index (χ2n) is 11.4. The van der Waals surface area contributed by atoms with Crippen LogP contribution in [0.5, 0.6) is 0 Å². The average Bonchev–Trinajstić information content (AvgIpc) is 3.19. The molecule has 2 aromatic heterocycles. The molecule has 232 valence electrons. The maximum Gasteiger partial charge on any atom is 0.164 e. The quantitative estimate of drug-likeness (QED) is 0.174. The van der Waals surface area contributed by atoms with E-state index in [1.165, 1.54) is 12.1 Å². The molecule has 0 amide bonds. The number of rotatable bonds is 7. The summed E-state index contributed by atoms with van der Waals surface area (Å²) in [5.74, 6) is 3.06. The van der Waals surface area contributed by atoms with E-state index in [4.69, 9.17) is 29.9 Å². The molecule has 2 heterocycles. The molecular weight excluding hydrogens is 608 g/mol. The summed E-state index contributed by atoms with van der Waals surface area (Å²) in [6.45, 7) is 0. The van der Waals surface area contributed by atoms with Crippen LogP contribution in [0.4, 0.5) is 4.39 Å². The number of halogens is 1. The van der Waals surface area contributed by atoms with Crippen LogP contribution in [0.2, 0.25) is 0 Å². The minimum Gasteiger partial charge on any atom is -0.208 e. The predicted octanol–water partition coefficient (Wildman–Crippen LogP) is 9.86. The van der Waals surface area contributed by atoms with Crippen LogP contribution in [0.15, 0.2) is 164 Å². The van der Waals surface area contributed by atoms with Gasteiger partial charge in [0.2, 0.25) is 0 Å². The van der Waals surface area contributed by atoms with Crippen molar-refractivity contribution in [2.24, 2.45) is 0 Å². The van der Waals surface area contributed by atoms with Gasteiger partial charge in [-0.05, 0) is 41.5 Å². The number of hydrogen-bond acceptors (Lipinski definition) is 6. The summed E-state index contributed by atoms with van der Waals surface area (Å²) in [5, 5.41) is 0. The summed E-state index contributed by atoms with van der Waals surface area (Å²) >= 11 is 0. The molecule has 49 heavy (non-hydrogen) atoms. The van der Waals surface area contributed by atoms with Crippen LogP contribution in [0.3, 0.4) is 0 Å². The number of hydrogen-bond donors (Lipinski definition) is 0. The first-order valence-corrected chi connectivity index (χ1v) is 15.8. The second kappa shape index (κ2) is 13.2. The third-order valence-corrected chi connectivity index (χ3v) is 8.07. The van der Waals surface area contributed by atoms with E-state index >= 15 is 0 Å². The largest absolute Gasteiger partial charge is 0.208 e. The lowest BCUT2D eigenvalue weighted by molar-refractivity contribution is 0.628. The lowest BCUT2D eigenvalue weighted by Gasteiger charge is -2.10. The molecule has 8 rings (SSSR count). The van der Waals surface area contributed by atoms with Crippen molar-refractivity contribution in [3.63, 3.8) is 0 Å². The summed E-state index contributed by atoms with van der Waals surface area (Å²) in [5.41, 5.74) is 7.15. The maximum atomic E-state index is 13.7. The Morgan fingerprint density at radius 1 is 0.245 bits per heavy atom. The van der Waals surface area contributed by atoms with Crippen molar-refractivity contribution in [1.82, 2.24) is 29.9 Å². The highest BCUT2D eigenvalue weighted by atomic mass is 19.1. The Morgan fingerprint density at radius 2 is 0.531 bits per heavy atom. The molecule has 6 nitrogen and oxygen atoms in total. The SMILES string of the molecule is Fc1ccc(-c2nc(-c3ccccc3)nc(-c3cccc(-c4ccc(-c5nc(-c6ccccc6)nc(-c6ccccc6)n5)cc4)c3)n2)cc1. The van der Waals surface area contributed by atoms with Gasteiger partial charge in [0.1, 0.15) is 5.82 Å². The lowest BCUT2D eigenvalue weighted by Crippen LogP contribution is -2.00. The van der Waals surface area contributed by atoms with Gasteiger partial charge in [-0.15, -0.1) is 0 Å². The van der Waals surface area contributed by atoms with Gasteiger partial charge < -0.3 is 0 Å². The number of aromatic nitrogens is 6. The molecule has 0 atom stereocenters. The van der Waals surface area contributed by atoms with E-state index in [0.717, 1.165) is 38.9 Å². The molecule has 6 aromatic carbocycles. The standard InChI is InChI=1S/C42H27FN6/c43-36-25-23-33(24-26-36)41-47-39(31-15-8-3-9-16-31)48-42(49-41)35-18-10-17-34(27-35)28-19-21-32(22-20-28)40-45-37(29-11-4-1-5-12-29)44-38(46-40)30-13-6-2-7-14-30/h1-27H. The van der Waals surface area contributed by atoms with Gasteiger partial charge in [-0.2, -0.15) is 0 Å². The van der Waals surface area contributed by atoms with Crippen molar-refractivity contribution in [1.29, 1.82) is 0 Å². The van der Waals surface area contributed by atoms with E-state index in [1.54, 1.807) is 12.1 Å². The summed E-state index contributed by atoms with van der Waals surface area (Å²) in [6.07, 6.45) is 0. The Kier molecular flexibility index (Phi) is 7.97. The van der Waals surface area contributed by atoms with E-state index in [1.807, 2.05) is 115 Å². The third kappa shape index (κ3) is 6.46. The summed E-state index contributed by atoms with van der Waals surface area (Å²) in [6, 6.07) is 52.1. The molecule has 0 radical (unpaired) electrons. The van der Waals surface area contributed by atoms with Gasteiger partial charge in [0, 0.05) is 33.4 Å². The van der Waals surface area contributed by atoms with Crippen molar-refractivity contribution < 1.29 is 4.39 Å². The van der Waals surface area contributed by atoms with Gasteiger partial charge in [0.25, 0.3) is 0 Å². The van der Waals surface area contributed by atoms with Crippen LogP contribution < -0.4 is 0 Å². The molecule has 0 fully saturated rings. The van der Waals surface area contributed by atoms with Crippen LogP contribution in [-0.4, -0.2) is 29.9 Å². The smallest absolute Gasteiger partial charge is 0.164 e. The van der Waals surface area contributed by atoms with Gasteiger partial charge in [-0.1, -0.05) is 133 Å². The lowest BCUT2D eigenvalue weighted by atomic mass is 10.0. The fourth-order valence-electron chi connectivity index (χ4n) is 5.54. The molecule has 0 unspecified atom stereocenters. The van der Waals surface area contributed by atoms with Gasteiger partial charge in [0.15, 0.2) is 34.9 Å². The molecule has 0 aliphatic carbocycles. The second-order valence-corrected chi connectivity index (χ2v) is 11.4. The highest BCUT2D eigenvalue weighted by Gasteiger charge is 2.15. The van der Waals surface area contributed by atoms with Crippen molar-refractivity contribution in [2.75, 3.05) is 0 Å². The summed E-state index contributed by atoms with van der Waals surface area (Å²) in [7, 11) is 0. The van der Waals surface area contributed by atoms with Crippen LogP contribution in [0.25, 0.3) is 79.5 Å². The first kappa shape index (κ1) is 29.7.